The van der Waals surface area contributed by atoms with Crippen LogP contribution in [0.4, 0.5) is 0 Å². The molecule has 3 nitrogen and oxygen atoms in total. The van der Waals surface area contributed by atoms with Crippen LogP contribution in [0, 0.1) is 5.92 Å². The molecule has 1 aliphatic carbocycles. The van der Waals surface area contributed by atoms with Gasteiger partial charge in [-0.2, -0.15) is 11.8 Å². The number of thioether (sulfide) groups is 1. The molecule has 20 heavy (non-hydrogen) atoms. The van der Waals surface area contributed by atoms with Crippen LogP contribution in [0.5, 0.6) is 0 Å². The number of amides is 1. The Labute approximate surface area is 128 Å². The van der Waals surface area contributed by atoms with E-state index in [-0.39, 0.29) is 12.2 Å². The Kier molecular flexibility index (Phi) is 5.41. The van der Waals surface area contributed by atoms with Crippen molar-refractivity contribution >= 4 is 17.7 Å². The summed E-state index contributed by atoms with van der Waals surface area (Å²) >= 11 is 1.98. The van der Waals surface area contributed by atoms with Gasteiger partial charge in [-0.25, -0.2) is 0 Å². The first-order valence-electron chi connectivity index (χ1n) is 8.14. The minimum absolute atomic E-state index is 0.0162. The number of hydrogen-bond acceptors (Lipinski definition) is 3. The minimum atomic E-state index is 0.0162. The molecule has 1 aliphatic heterocycles. The maximum Gasteiger partial charge on any atom is 0.241 e. The quantitative estimate of drug-likeness (QED) is 0.845. The van der Waals surface area contributed by atoms with Crippen molar-refractivity contribution in [2.24, 2.45) is 5.92 Å². The van der Waals surface area contributed by atoms with Crippen molar-refractivity contribution in [2.75, 3.05) is 12.8 Å². The summed E-state index contributed by atoms with van der Waals surface area (Å²) in [6.07, 6.45) is 9.99. The fraction of sp³-hybridized carbons (Fsp3) is 0.938. The van der Waals surface area contributed by atoms with Gasteiger partial charge in [0.2, 0.25) is 5.91 Å². The van der Waals surface area contributed by atoms with E-state index in [0.29, 0.717) is 16.6 Å². The zero-order valence-electron chi connectivity index (χ0n) is 13.4. The van der Waals surface area contributed by atoms with E-state index >= 15 is 0 Å². The van der Waals surface area contributed by atoms with Crippen LogP contribution < -0.4 is 5.32 Å². The first-order chi connectivity index (χ1) is 9.53. The molecule has 1 saturated carbocycles. The molecule has 4 heteroatoms. The van der Waals surface area contributed by atoms with E-state index in [1.54, 1.807) is 0 Å². The average molecular weight is 298 g/mol. The Morgan fingerprint density at radius 3 is 2.50 bits per heavy atom. The molecule has 116 valence electrons. The molecule has 0 aromatic rings. The fourth-order valence-corrected chi connectivity index (χ4v) is 4.60. The number of carbonyl (C=O) groups excluding carboxylic acids is 1. The Morgan fingerprint density at radius 2 is 2.00 bits per heavy atom. The van der Waals surface area contributed by atoms with Gasteiger partial charge in [-0.05, 0) is 31.4 Å². The zero-order chi connectivity index (χ0) is 14.8. The lowest BCUT2D eigenvalue weighted by Gasteiger charge is -2.40. The van der Waals surface area contributed by atoms with E-state index in [1.165, 1.54) is 32.1 Å². The standard InChI is InChI=1S/C16H30N2OS/c1-5-13-17-14(12(2)3)15(19)18(13)11-16(20-4)9-7-6-8-10-16/h12-14,17H,5-11H2,1-4H3. The van der Waals surface area contributed by atoms with Gasteiger partial charge in [0.05, 0.1) is 12.2 Å². The highest BCUT2D eigenvalue weighted by molar-refractivity contribution is 8.00. The lowest BCUT2D eigenvalue weighted by Crippen LogP contribution is -2.47. The van der Waals surface area contributed by atoms with Crippen molar-refractivity contribution in [3.63, 3.8) is 0 Å². The third kappa shape index (κ3) is 3.16. The van der Waals surface area contributed by atoms with Crippen LogP contribution in [0.25, 0.3) is 0 Å². The molecule has 1 saturated heterocycles. The predicted molar refractivity (Wildman–Crippen MR) is 86.9 cm³/mol. The highest BCUT2D eigenvalue weighted by atomic mass is 32.2. The summed E-state index contributed by atoms with van der Waals surface area (Å²) in [6, 6.07) is 0.0162. The molecule has 1 amide bonds. The smallest absolute Gasteiger partial charge is 0.241 e. The molecule has 2 fully saturated rings. The van der Waals surface area contributed by atoms with Crippen LogP contribution in [-0.4, -0.2) is 40.6 Å². The van der Waals surface area contributed by atoms with E-state index in [1.807, 2.05) is 11.8 Å². The van der Waals surface area contributed by atoms with Crippen LogP contribution in [-0.2, 0) is 4.79 Å². The summed E-state index contributed by atoms with van der Waals surface area (Å²) in [5, 5.41) is 3.54. The number of hydrogen-bond donors (Lipinski definition) is 1. The zero-order valence-corrected chi connectivity index (χ0v) is 14.3. The van der Waals surface area contributed by atoms with Crippen molar-refractivity contribution in [1.82, 2.24) is 10.2 Å². The van der Waals surface area contributed by atoms with Gasteiger partial charge >= 0.3 is 0 Å². The monoisotopic (exact) mass is 298 g/mol. The van der Waals surface area contributed by atoms with Gasteiger partial charge in [-0.15, -0.1) is 0 Å². The highest BCUT2D eigenvalue weighted by Crippen LogP contribution is 2.40. The second-order valence-corrected chi connectivity index (χ2v) is 8.00. The predicted octanol–water partition coefficient (Wildman–Crippen LogP) is 3.24. The first kappa shape index (κ1) is 16.2. The van der Waals surface area contributed by atoms with Crippen LogP contribution in [0.1, 0.15) is 59.3 Å². The van der Waals surface area contributed by atoms with Crippen molar-refractivity contribution in [3.8, 4) is 0 Å². The lowest BCUT2D eigenvalue weighted by atomic mass is 9.87. The largest absolute Gasteiger partial charge is 0.324 e. The van der Waals surface area contributed by atoms with E-state index in [2.05, 4.69) is 37.2 Å². The van der Waals surface area contributed by atoms with Crippen LogP contribution in [0.15, 0.2) is 0 Å². The van der Waals surface area contributed by atoms with Gasteiger partial charge in [-0.1, -0.05) is 40.0 Å². The highest BCUT2D eigenvalue weighted by Gasteiger charge is 2.43. The molecule has 2 rings (SSSR count). The third-order valence-electron chi connectivity index (χ3n) is 5.01. The molecule has 2 unspecified atom stereocenters. The second-order valence-electron chi connectivity index (χ2n) is 6.73. The van der Waals surface area contributed by atoms with Gasteiger partial charge in [0.25, 0.3) is 0 Å². The molecular formula is C16H30N2OS. The molecule has 2 aliphatic rings. The summed E-state index contributed by atoms with van der Waals surface area (Å²) in [5.74, 6) is 0.698. The van der Waals surface area contributed by atoms with Crippen LogP contribution in [0.2, 0.25) is 0 Å². The first-order valence-corrected chi connectivity index (χ1v) is 9.37. The van der Waals surface area contributed by atoms with E-state index in [0.717, 1.165) is 13.0 Å². The summed E-state index contributed by atoms with van der Waals surface area (Å²) in [7, 11) is 0. The summed E-state index contributed by atoms with van der Waals surface area (Å²) < 4.78 is 0.300. The molecule has 1 N–H and O–H groups in total. The topological polar surface area (TPSA) is 32.3 Å². The number of nitrogens with zero attached hydrogens (tertiary/aromatic N) is 1. The minimum Gasteiger partial charge on any atom is -0.324 e. The number of carbonyl (C=O) groups is 1. The summed E-state index contributed by atoms with van der Waals surface area (Å²) in [4.78, 5) is 14.8. The molecule has 0 spiro atoms. The molecule has 0 radical (unpaired) electrons. The fourth-order valence-electron chi connectivity index (χ4n) is 3.64. The van der Waals surface area contributed by atoms with Crippen molar-refractivity contribution in [3.05, 3.63) is 0 Å². The van der Waals surface area contributed by atoms with Crippen molar-refractivity contribution in [1.29, 1.82) is 0 Å². The maximum atomic E-state index is 12.7. The molecule has 0 aromatic heterocycles. The Balaban J connectivity index is 2.11. The number of rotatable bonds is 5. The SMILES string of the molecule is CCC1NC(C(C)C)C(=O)N1CC1(SC)CCCCC1. The Hall–Kier alpha value is -0.220. The molecule has 0 bridgehead atoms. The third-order valence-corrected chi connectivity index (χ3v) is 6.41. The number of nitrogens with one attached hydrogen (secondary N) is 1. The Morgan fingerprint density at radius 1 is 1.35 bits per heavy atom. The van der Waals surface area contributed by atoms with Crippen molar-refractivity contribution < 1.29 is 4.79 Å². The molecule has 1 heterocycles. The average Bonchev–Trinajstić information content (AvgIpc) is 2.77. The second kappa shape index (κ2) is 6.69. The summed E-state index contributed by atoms with van der Waals surface area (Å²) in [6.45, 7) is 7.38. The molecule has 2 atom stereocenters. The molecule has 0 aromatic carbocycles. The maximum absolute atomic E-state index is 12.7. The van der Waals surface area contributed by atoms with Gasteiger partial charge < -0.3 is 4.90 Å². The van der Waals surface area contributed by atoms with E-state index < -0.39 is 0 Å². The van der Waals surface area contributed by atoms with Gasteiger partial charge in [0.15, 0.2) is 0 Å². The summed E-state index contributed by atoms with van der Waals surface area (Å²) in [5.41, 5.74) is 0. The van der Waals surface area contributed by atoms with Gasteiger partial charge in [-0.3, -0.25) is 10.1 Å². The Bertz CT molecular complexity index is 339. The van der Waals surface area contributed by atoms with Crippen LogP contribution in [0.3, 0.4) is 0 Å². The van der Waals surface area contributed by atoms with E-state index in [9.17, 15) is 4.79 Å². The van der Waals surface area contributed by atoms with E-state index in [4.69, 9.17) is 0 Å². The normalized spacial score (nSPS) is 30.2. The van der Waals surface area contributed by atoms with Gasteiger partial charge in [0.1, 0.15) is 0 Å². The van der Waals surface area contributed by atoms with Gasteiger partial charge in [0, 0.05) is 11.3 Å². The van der Waals surface area contributed by atoms with Crippen molar-refractivity contribution in [2.45, 2.75) is 76.3 Å². The molecular weight excluding hydrogens is 268 g/mol. The van der Waals surface area contributed by atoms with Crippen LogP contribution >= 0.6 is 11.8 Å². The lowest BCUT2D eigenvalue weighted by molar-refractivity contribution is -0.131.